The molecule has 0 spiro atoms. The first-order valence-corrected chi connectivity index (χ1v) is 10.2. The van der Waals surface area contributed by atoms with Crippen molar-refractivity contribution < 1.29 is 18.8 Å². The molecule has 1 aliphatic heterocycles. The largest absolute Gasteiger partial charge is 0.497 e. The molecule has 0 radical (unpaired) electrons. The average Bonchev–Trinajstić information content (AvgIpc) is 3.36. The number of methoxy groups -OCH3 is 1. The third-order valence-electron chi connectivity index (χ3n) is 5.63. The number of aromatic nitrogens is 1. The molecule has 0 saturated carbocycles. The molecule has 1 fully saturated rings. The molecule has 1 atom stereocenters. The Hall–Kier alpha value is -3.32. The highest BCUT2D eigenvalue weighted by atomic mass is 16.5. The van der Waals surface area contributed by atoms with Gasteiger partial charge in [-0.2, -0.15) is 0 Å². The number of benzene rings is 1. The first-order chi connectivity index (χ1) is 14.7. The van der Waals surface area contributed by atoms with Crippen molar-refractivity contribution in [2.75, 3.05) is 44.7 Å². The van der Waals surface area contributed by atoms with Gasteiger partial charge in [0.05, 0.1) is 46.1 Å². The van der Waals surface area contributed by atoms with Gasteiger partial charge in [-0.1, -0.05) is 0 Å². The maximum Gasteiger partial charge on any atom is 0.287 e. The lowest BCUT2D eigenvalue weighted by Crippen LogP contribution is -3.15. The van der Waals surface area contributed by atoms with Crippen LogP contribution in [-0.2, 0) is 0 Å². The Bertz CT molecular complexity index is 921. The summed E-state index contributed by atoms with van der Waals surface area (Å²) in [4.78, 5) is 20.5. The molecular weight excluding hydrogens is 380 g/mol. The van der Waals surface area contributed by atoms with E-state index in [1.54, 1.807) is 25.4 Å². The Kier molecular flexibility index (Phi) is 6.29. The van der Waals surface area contributed by atoms with Gasteiger partial charge in [0, 0.05) is 23.6 Å². The van der Waals surface area contributed by atoms with Crippen molar-refractivity contribution in [1.29, 1.82) is 0 Å². The summed E-state index contributed by atoms with van der Waals surface area (Å²) in [5.74, 6) is 1.01. The fraction of sp³-hybridized carbons (Fsp3) is 0.304. The SMILES string of the molecule is COc1ccc(N2CC[NH+](C(CNC(=O)c3ccco3)c3cccnc3)CC2)cc1. The molecule has 0 aliphatic carbocycles. The van der Waals surface area contributed by atoms with Crippen LogP contribution in [0.3, 0.4) is 0 Å². The van der Waals surface area contributed by atoms with Gasteiger partial charge in [0.15, 0.2) is 5.76 Å². The van der Waals surface area contributed by atoms with Gasteiger partial charge >= 0.3 is 0 Å². The summed E-state index contributed by atoms with van der Waals surface area (Å²) in [6.45, 7) is 4.38. The van der Waals surface area contributed by atoms with Gasteiger partial charge in [0.2, 0.25) is 0 Å². The maximum absolute atomic E-state index is 12.4. The molecule has 2 aromatic heterocycles. The van der Waals surface area contributed by atoms with Crippen molar-refractivity contribution in [2.24, 2.45) is 0 Å². The molecule has 3 aromatic rings. The lowest BCUT2D eigenvalue weighted by molar-refractivity contribution is -0.931. The van der Waals surface area contributed by atoms with Crippen LogP contribution in [0.4, 0.5) is 5.69 Å². The Morgan fingerprint density at radius 3 is 2.63 bits per heavy atom. The van der Waals surface area contributed by atoms with Crippen LogP contribution < -0.4 is 19.9 Å². The van der Waals surface area contributed by atoms with Crippen molar-refractivity contribution in [3.63, 3.8) is 0 Å². The van der Waals surface area contributed by atoms with Crippen molar-refractivity contribution in [3.8, 4) is 5.75 Å². The third kappa shape index (κ3) is 4.63. The van der Waals surface area contributed by atoms with E-state index in [1.165, 1.54) is 16.9 Å². The predicted octanol–water partition coefficient (Wildman–Crippen LogP) is 1.56. The minimum atomic E-state index is -0.190. The van der Waals surface area contributed by atoms with Gasteiger partial charge in [-0.05, 0) is 48.5 Å². The summed E-state index contributed by atoms with van der Waals surface area (Å²) in [6.07, 6.45) is 5.18. The van der Waals surface area contributed by atoms with Gasteiger partial charge in [0.1, 0.15) is 11.8 Å². The lowest BCUT2D eigenvalue weighted by Gasteiger charge is -2.37. The highest BCUT2D eigenvalue weighted by Gasteiger charge is 2.29. The molecule has 3 heterocycles. The number of pyridine rings is 1. The van der Waals surface area contributed by atoms with Gasteiger partial charge in [0.25, 0.3) is 5.91 Å². The minimum Gasteiger partial charge on any atom is -0.497 e. The minimum absolute atomic E-state index is 0.135. The number of furan rings is 1. The van der Waals surface area contributed by atoms with Crippen LogP contribution in [0.2, 0.25) is 0 Å². The van der Waals surface area contributed by atoms with Crippen LogP contribution in [-0.4, -0.2) is 50.7 Å². The molecule has 1 saturated heterocycles. The van der Waals surface area contributed by atoms with E-state index in [0.717, 1.165) is 37.5 Å². The number of piperazine rings is 1. The van der Waals surface area contributed by atoms with E-state index in [-0.39, 0.29) is 11.9 Å². The van der Waals surface area contributed by atoms with E-state index in [1.807, 2.05) is 24.4 Å². The van der Waals surface area contributed by atoms with Crippen LogP contribution in [0.5, 0.6) is 5.75 Å². The first kappa shape index (κ1) is 20.0. The molecular formula is C23H27N4O3+. The number of carbonyl (C=O) groups excluding carboxylic acids is 1. The summed E-state index contributed by atoms with van der Waals surface area (Å²) in [7, 11) is 1.68. The Morgan fingerprint density at radius 2 is 2.00 bits per heavy atom. The number of carbonyl (C=O) groups is 1. The molecule has 7 heteroatoms. The van der Waals surface area contributed by atoms with Crippen LogP contribution in [0.1, 0.15) is 22.2 Å². The van der Waals surface area contributed by atoms with E-state index in [0.29, 0.717) is 12.3 Å². The third-order valence-corrected chi connectivity index (χ3v) is 5.63. The molecule has 1 aliphatic rings. The Balaban J connectivity index is 1.41. The normalized spacial score (nSPS) is 15.6. The number of rotatable bonds is 7. The van der Waals surface area contributed by atoms with Crippen molar-refractivity contribution >= 4 is 11.6 Å². The number of amides is 1. The van der Waals surface area contributed by atoms with Crippen molar-refractivity contribution in [3.05, 3.63) is 78.5 Å². The molecule has 7 nitrogen and oxygen atoms in total. The number of nitrogens with zero attached hydrogens (tertiary/aromatic N) is 2. The Labute approximate surface area is 176 Å². The fourth-order valence-electron chi connectivity index (χ4n) is 3.96. The molecule has 1 unspecified atom stereocenters. The van der Waals surface area contributed by atoms with Crippen molar-refractivity contribution in [2.45, 2.75) is 6.04 Å². The molecule has 156 valence electrons. The van der Waals surface area contributed by atoms with E-state index in [9.17, 15) is 4.79 Å². The predicted molar refractivity (Wildman–Crippen MR) is 114 cm³/mol. The van der Waals surface area contributed by atoms with E-state index >= 15 is 0 Å². The van der Waals surface area contributed by atoms with Gasteiger partial charge in [-0.15, -0.1) is 0 Å². The van der Waals surface area contributed by atoms with Gasteiger partial charge < -0.3 is 24.3 Å². The second kappa shape index (κ2) is 9.45. The highest BCUT2D eigenvalue weighted by Crippen LogP contribution is 2.19. The number of hydrogen-bond donors (Lipinski definition) is 2. The van der Waals surface area contributed by atoms with E-state index < -0.39 is 0 Å². The summed E-state index contributed by atoms with van der Waals surface area (Å²) < 4.78 is 10.5. The quantitative estimate of drug-likeness (QED) is 0.622. The zero-order valence-corrected chi connectivity index (χ0v) is 17.1. The molecule has 1 amide bonds. The molecule has 1 aromatic carbocycles. The second-order valence-corrected chi connectivity index (χ2v) is 7.37. The lowest BCUT2D eigenvalue weighted by atomic mass is 10.1. The number of hydrogen-bond acceptors (Lipinski definition) is 5. The van der Waals surface area contributed by atoms with E-state index in [4.69, 9.17) is 9.15 Å². The summed E-state index contributed by atoms with van der Waals surface area (Å²) in [5.41, 5.74) is 2.34. The second-order valence-electron chi connectivity index (χ2n) is 7.37. The zero-order chi connectivity index (χ0) is 20.8. The van der Waals surface area contributed by atoms with Crippen LogP contribution in [0, 0.1) is 0 Å². The smallest absolute Gasteiger partial charge is 0.287 e. The standard InChI is InChI=1S/C23H26N4O3/c1-29-20-8-6-19(7-9-20)26-11-13-27(14-12-26)21(18-4-2-10-24-16-18)17-25-23(28)22-5-3-15-30-22/h2-10,15-16,21H,11-14,17H2,1H3,(H,25,28)/p+1. The molecule has 30 heavy (non-hydrogen) atoms. The van der Waals surface area contributed by atoms with Crippen LogP contribution in [0.25, 0.3) is 0 Å². The monoisotopic (exact) mass is 407 g/mol. The van der Waals surface area contributed by atoms with Crippen molar-refractivity contribution in [1.82, 2.24) is 10.3 Å². The first-order valence-electron chi connectivity index (χ1n) is 10.2. The summed E-state index contributed by atoms with van der Waals surface area (Å²) in [6, 6.07) is 15.8. The molecule has 2 N–H and O–H groups in total. The number of ether oxygens (including phenoxy) is 1. The number of anilines is 1. The maximum atomic E-state index is 12.4. The summed E-state index contributed by atoms with van der Waals surface area (Å²) >= 11 is 0. The van der Waals surface area contributed by atoms with E-state index in [2.05, 4.69) is 33.4 Å². The van der Waals surface area contributed by atoms with Crippen LogP contribution in [0.15, 0.2) is 71.6 Å². The molecule has 0 bridgehead atoms. The highest BCUT2D eigenvalue weighted by molar-refractivity contribution is 5.91. The van der Waals surface area contributed by atoms with Gasteiger partial charge in [-0.25, -0.2) is 0 Å². The van der Waals surface area contributed by atoms with Crippen LogP contribution >= 0.6 is 0 Å². The molecule has 4 rings (SSSR count). The number of quaternary nitrogens is 1. The van der Waals surface area contributed by atoms with Gasteiger partial charge in [-0.3, -0.25) is 9.78 Å². The zero-order valence-electron chi connectivity index (χ0n) is 17.1. The fourth-order valence-corrected chi connectivity index (χ4v) is 3.96. The topological polar surface area (TPSA) is 72.0 Å². The Morgan fingerprint density at radius 1 is 1.20 bits per heavy atom. The number of nitrogens with one attached hydrogen (secondary N) is 2. The average molecular weight is 407 g/mol. The summed E-state index contributed by atoms with van der Waals surface area (Å²) in [5, 5.41) is 3.03.